The number of nitriles is 1. The average Bonchev–Trinajstić information content (AvgIpc) is 2.28. The van der Waals surface area contributed by atoms with E-state index >= 15 is 0 Å². The molecule has 0 aliphatic rings. The van der Waals surface area contributed by atoms with E-state index in [1.165, 1.54) is 0 Å². The Morgan fingerprint density at radius 2 is 1.88 bits per heavy atom. The number of thiocyanates is 1. The minimum Gasteiger partial charge on any atom is -0.706 e. The summed E-state index contributed by atoms with van der Waals surface area (Å²) >= 11 is 0.450. The van der Waals surface area contributed by atoms with Crippen molar-refractivity contribution in [2.45, 2.75) is 4.90 Å². The summed E-state index contributed by atoms with van der Waals surface area (Å²) in [5.74, 6) is 0. The van der Waals surface area contributed by atoms with Crippen molar-refractivity contribution in [1.29, 1.82) is 5.26 Å². The molecule has 0 atom stereocenters. The fourth-order valence-corrected chi connectivity index (χ4v) is 1.55. The molecule has 0 aromatic heterocycles. The Balaban J connectivity index is 3.54. The average molecular weight is 252 g/mol. The number of nitro groups is 2. The lowest BCUT2D eigenvalue weighted by Gasteiger charge is -2.03. The second-order valence-electron chi connectivity index (χ2n) is 2.62. The minimum absolute atomic E-state index is 0.129. The van der Waals surface area contributed by atoms with E-state index in [-0.39, 0.29) is 4.90 Å². The zero-order valence-corrected chi connectivity index (χ0v) is 8.75. The third-order valence-corrected chi connectivity index (χ3v) is 2.35. The van der Waals surface area contributed by atoms with E-state index in [0.29, 0.717) is 17.8 Å². The highest BCUT2D eigenvalue weighted by Gasteiger charge is 2.23. The largest absolute Gasteiger partial charge is 0.706 e. The molecule has 1 rings (SSSR count). The van der Waals surface area contributed by atoms with Crippen molar-refractivity contribution < 1.29 is 9.85 Å². The number of rotatable bonds is 4. The molecular weight excluding hydrogens is 250 g/mol. The highest BCUT2D eigenvalue weighted by molar-refractivity contribution is 8.03. The summed E-state index contributed by atoms with van der Waals surface area (Å²) < 4.78 is 0. The molecule has 0 aliphatic carbocycles. The predicted octanol–water partition coefficient (Wildman–Crippen LogP) is 2.73. The fraction of sp³-hybridized carbons (Fsp3) is 0. The van der Waals surface area contributed by atoms with Crippen LogP contribution in [0.2, 0.25) is 0 Å². The molecular formula is C7H2N5O4S-. The Labute approximate surface area is 97.9 Å². The fourth-order valence-electron chi connectivity index (χ4n) is 1.05. The monoisotopic (exact) mass is 252 g/mol. The van der Waals surface area contributed by atoms with Crippen LogP contribution < -0.4 is 0 Å². The molecule has 0 unspecified atom stereocenters. The zero-order valence-electron chi connectivity index (χ0n) is 7.93. The van der Waals surface area contributed by atoms with Gasteiger partial charge in [-0.2, -0.15) is 5.26 Å². The molecule has 0 fully saturated rings. The number of thioether (sulfide) groups is 1. The Hall–Kier alpha value is -2.54. The summed E-state index contributed by atoms with van der Waals surface area (Å²) in [5, 5.41) is 33.9. The van der Waals surface area contributed by atoms with Crippen LogP contribution in [-0.4, -0.2) is 9.85 Å². The lowest BCUT2D eigenvalue weighted by molar-refractivity contribution is -0.395. The number of hydrogen-bond acceptors (Lipinski definition) is 7. The molecule has 1 aromatic carbocycles. The van der Waals surface area contributed by atoms with E-state index in [4.69, 9.17) is 10.8 Å². The zero-order chi connectivity index (χ0) is 13.0. The maximum absolute atomic E-state index is 10.6. The second kappa shape index (κ2) is 4.99. The molecule has 0 radical (unpaired) electrons. The highest BCUT2D eigenvalue weighted by Crippen LogP contribution is 2.38. The number of hydrogen-bond donors (Lipinski definition) is 0. The van der Waals surface area contributed by atoms with Gasteiger partial charge in [0.15, 0.2) is 0 Å². The summed E-state index contributed by atoms with van der Waals surface area (Å²) in [5.41, 5.74) is 6.81. The Morgan fingerprint density at radius 1 is 1.29 bits per heavy atom. The highest BCUT2D eigenvalue weighted by atomic mass is 32.2. The lowest BCUT2D eigenvalue weighted by Crippen LogP contribution is -1.94. The number of nitro benzene ring substituents is 2. The number of nitrogens with zero attached hydrogens (tertiary/aromatic N) is 5. The molecule has 1 aromatic rings. The first-order chi connectivity index (χ1) is 8.01. The molecule has 0 amide bonds. The maximum Gasteiger partial charge on any atom is 0.299 e. The standard InChI is InChI=1S/C7H2N5O4S/c8-3-17-7-1-4(10-9)5(11(13)14)2-6(7)12(15)16/h1-2H/q-1. The van der Waals surface area contributed by atoms with Crippen LogP contribution in [0.5, 0.6) is 0 Å². The van der Waals surface area contributed by atoms with Crippen LogP contribution >= 0.6 is 11.8 Å². The minimum atomic E-state index is -0.914. The first kappa shape index (κ1) is 12.5. The maximum atomic E-state index is 10.6. The van der Waals surface area contributed by atoms with Crippen molar-refractivity contribution in [1.82, 2.24) is 0 Å². The molecule has 0 saturated carbocycles. The lowest BCUT2D eigenvalue weighted by atomic mass is 10.2. The van der Waals surface area contributed by atoms with Crippen LogP contribution in [0.15, 0.2) is 22.1 Å². The van der Waals surface area contributed by atoms with Crippen molar-refractivity contribution in [3.8, 4) is 5.40 Å². The van der Waals surface area contributed by atoms with E-state index in [9.17, 15) is 20.2 Å². The normalized spacial score (nSPS) is 9.35. The van der Waals surface area contributed by atoms with E-state index in [1.807, 2.05) is 0 Å². The van der Waals surface area contributed by atoms with Gasteiger partial charge in [0, 0.05) is 0 Å². The topological polar surface area (TPSA) is 145 Å². The first-order valence-corrected chi connectivity index (χ1v) is 4.70. The van der Waals surface area contributed by atoms with Crippen LogP contribution in [0.25, 0.3) is 5.53 Å². The predicted molar refractivity (Wildman–Crippen MR) is 56.7 cm³/mol. The van der Waals surface area contributed by atoms with Crippen LogP contribution in [0.4, 0.5) is 17.1 Å². The quantitative estimate of drug-likeness (QED) is 0.264. The molecule has 17 heavy (non-hydrogen) atoms. The molecule has 10 heteroatoms. The van der Waals surface area contributed by atoms with Gasteiger partial charge < -0.3 is 10.6 Å². The van der Waals surface area contributed by atoms with Crippen molar-refractivity contribution in [3.05, 3.63) is 37.9 Å². The van der Waals surface area contributed by atoms with E-state index in [0.717, 1.165) is 6.07 Å². The van der Waals surface area contributed by atoms with Crippen LogP contribution in [0, 0.1) is 30.9 Å². The van der Waals surface area contributed by atoms with Gasteiger partial charge in [0.05, 0.1) is 15.9 Å². The van der Waals surface area contributed by atoms with E-state index in [2.05, 4.69) is 5.11 Å². The molecule has 9 nitrogen and oxygen atoms in total. The van der Waals surface area contributed by atoms with E-state index in [1.54, 1.807) is 5.40 Å². The molecule has 0 aliphatic heterocycles. The van der Waals surface area contributed by atoms with Crippen molar-refractivity contribution in [3.63, 3.8) is 0 Å². The number of benzene rings is 1. The summed E-state index contributed by atoms with van der Waals surface area (Å²) in [6, 6.07) is 1.55. The van der Waals surface area contributed by atoms with Gasteiger partial charge in [-0.3, -0.25) is 20.2 Å². The van der Waals surface area contributed by atoms with Crippen LogP contribution in [0.3, 0.4) is 0 Å². The molecule has 0 saturated heterocycles. The Bertz CT molecular complexity index is 552. The van der Waals surface area contributed by atoms with Gasteiger partial charge in [0.1, 0.15) is 16.0 Å². The third-order valence-electron chi connectivity index (χ3n) is 1.71. The van der Waals surface area contributed by atoms with Crippen LogP contribution in [0.1, 0.15) is 0 Å². The van der Waals surface area contributed by atoms with Gasteiger partial charge in [0.25, 0.3) is 11.4 Å². The molecule has 0 heterocycles. The Kier molecular flexibility index (Phi) is 3.68. The third kappa shape index (κ3) is 2.52. The second-order valence-corrected chi connectivity index (χ2v) is 3.44. The molecule has 0 N–H and O–H groups in total. The van der Waals surface area contributed by atoms with Gasteiger partial charge in [-0.25, -0.2) is 0 Å². The van der Waals surface area contributed by atoms with Gasteiger partial charge in [-0.15, -0.1) is 0 Å². The summed E-state index contributed by atoms with van der Waals surface area (Å²) in [4.78, 5) is 19.3. The summed E-state index contributed by atoms with van der Waals surface area (Å²) in [6.45, 7) is 0. The smallest absolute Gasteiger partial charge is 0.299 e. The van der Waals surface area contributed by atoms with Crippen molar-refractivity contribution in [2.24, 2.45) is 5.11 Å². The molecule has 0 spiro atoms. The SMILES string of the molecule is N#CSc1cc(N=[N-])c([N+](=O)[O-])cc1[N+](=O)[O-]. The van der Waals surface area contributed by atoms with Gasteiger partial charge in [-0.1, -0.05) is 0 Å². The summed E-state index contributed by atoms with van der Waals surface area (Å²) in [6.07, 6.45) is 0. The van der Waals surface area contributed by atoms with Crippen molar-refractivity contribution >= 4 is 28.8 Å². The van der Waals surface area contributed by atoms with Crippen molar-refractivity contribution in [2.75, 3.05) is 0 Å². The first-order valence-electron chi connectivity index (χ1n) is 3.89. The Morgan fingerprint density at radius 3 is 2.29 bits per heavy atom. The van der Waals surface area contributed by atoms with Gasteiger partial charge in [-0.05, 0) is 17.8 Å². The molecule has 86 valence electrons. The molecule has 0 bridgehead atoms. The van der Waals surface area contributed by atoms with Gasteiger partial charge >= 0.3 is 0 Å². The van der Waals surface area contributed by atoms with E-state index < -0.39 is 26.9 Å². The van der Waals surface area contributed by atoms with Gasteiger partial charge in [0.2, 0.25) is 0 Å². The van der Waals surface area contributed by atoms with Crippen LogP contribution in [-0.2, 0) is 0 Å². The summed E-state index contributed by atoms with van der Waals surface area (Å²) in [7, 11) is 0.